The van der Waals surface area contributed by atoms with E-state index in [9.17, 15) is 4.79 Å². The first kappa shape index (κ1) is 17.0. The molecule has 0 radical (unpaired) electrons. The van der Waals surface area contributed by atoms with Crippen molar-refractivity contribution < 1.29 is 4.79 Å². The molecular formula is C20H22N4OS. The number of nitrogens with zero attached hydrogens (tertiary/aromatic N) is 2. The van der Waals surface area contributed by atoms with Gasteiger partial charge in [0, 0.05) is 36.3 Å². The Bertz CT molecular complexity index is 995. The molecule has 1 amide bonds. The molecule has 0 fully saturated rings. The van der Waals surface area contributed by atoms with Crippen LogP contribution < -0.4 is 11.1 Å². The van der Waals surface area contributed by atoms with Crippen LogP contribution in [-0.4, -0.2) is 28.9 Å². The van der Waals surface area contributed by atoms with Crippen LogP contribution in [0.25, 0.3) is 10.2 Å². The Hall–Kier alpha value is -2.44. The third-order valence-electron chi connectivity index (χ3n) is 5.00. The van der Waals surface area contributed by atoms with E-state index in [1.54, 1.807) is 0 Å². The van der Waals surface area contributed by atoms with Crippen molar-refractivity contribution in [3.05, 3.63) is 52.0 Å². The van der Waals surface area contributed by atoms with Crippen molar-refractivity contribution >= 4 is 38.8 Å². The van der Waals surface area contributed by atoms with E-state index in [1.807, 2.05) is 31.2 Å². The number of amides is 1. The fraction of sp³-hybridized carbons (Fsp3) is 0.300. The molecule has 0 unspecified atom stereocenters. The monoisotopic (exact) mass is 366 g/mol. The zero-order valence-electron chi connectivity index (χ0n) is 15.0. The molecule has 3 N–H and O–H groups in total. The molecule has 0 saturated carbocycles. The van der Waals surface area contributed by atoms with Crippen LogP contribution in [0.1, 0.15) is 33.4 Å². The smallest absolute Gasteiger partial charge is 0.267 e. The van der Waals surface area contributed by atoms with E-state index < -0.39 is 0 Å². The summed E-state index contributed by atoms with van der Waals surface area (Å²) in [4.78, 5) is 21.3. The minimum Gasteiger partial charge on any atom is -0.397 e. The maximum atomic E-state index is 12.8. The fourth-order valence-corrected chi connectivity index (χ4v) is 4.38. The van der Waals surface area contributed by atoms with Gasteiger partial charge in [-0.1, -0.05) is 25.1 Å². The number of nitrogens with one attached hydrogen (secondary N) is 1. The lowest BCUT2D eigenvalue weighted by Crippen LogP contribution is -2.30. The Balaban J connectivity index is 1.69. The van der Waals surface area contributed by atoms with Gasteiger partial charge in [0.05, 0.1) is 5.69 Å². The van der Waals surface area contributed by atoms with E-state index in [2.05, 4.69) is 23.2 Å². The lowest BCUT2D eigenvalue weighted by molar-refractivity contribution is 0.103. The van der Waals surface area contributed by atoms with Crippen LogP contribution in [0.2, 0.25) is 0 Å². The third-order valence-corrected chi connectivity index (χ3v) is 6.11. The zero-order chi connectivity index (χ0) is 18.3. The van der Waals surface area contributed by atoms with Crippen LogP contribution >= 0.6 is 11.3 Å². The normalized spacial score (nSPS) is 14.4. The highest BCUT2D eigenvalue weighted by Gasteiger charge is 2.22. The van der Waals surface area contributed by atoms with E-state index in [1.165, 1.54) is 16.9 Å². The Labute approximate surface area is 156 Å². The number of benzene rings is 1. The van der Waals surface area contributed by atoms with Gasteiger partial charge >= 0.3 is 0 Å². The summed E-state index contributed by atoms with van der Waals surface area (Å²) in [5, 5.41) is 3.86. The fourth-order valence-electron chi connectivity index (χ4n) is 3.39. The number of carbonyl (C=O) groups is 1. The van der Waals surface area contributed by atoms with Crippen LogP contribution in [0.5, 0.6) is 0 Å². The number of likely N-dealkylation sites (N-methyl/N-ethyl adjacent to an activating group) is 1. The largest absolute Gasteiger partial charge is 0.397 e. The molecule has 6 heteroatoms. The van der Waals surface area contributed by atoms with Gasteiger partial charge in [-0.15, -0.1) is 11.3 Å². The SMILES string of the molecule is CCN1CCc2nc3sc(C(=O)Nc4ccccc4C)c(N)c3cc2C1. The average molecular weight is 366 g/mol. The van der Waals surface area contributed by atoms with Crippen LogP contribution in [0.3, 0.4) is 0 Å². The lowest BCUT2D eigenvalue weighted by atomic mass is 10.0. The molecule has 4 rings (SSSR count). The number of aryl methyl sites for hydroxylation is 1. The van der Waals surface area contributed by atoms with Gasteiger partial charge in [0.2, 0.25) is 0 Å². The summed E-state index contributed by atoms with van der Waals surface area (Å²) < 4.78 is 0. The topological polar surface area (TPSA) is 71.2 Å². The van der Waals surface area contributed by atoms with Crippen molar-refractivity contribution in [2.24, 2.45) is 0 Å². The Kier molecular flexibility index (Phi) is 4.38. The number of para-hydroxylation sites is 1. The molecule has 5 nitrogen and oxygen atoms in total. The van der Waals surface area contributed by atoms with Crippen LogP contribution in [-0.2, 0) is 13.0 Å². The Morgan fingerprint density at radius 1 is 1.38 bits per heavy atom. The molecule has 0 saturated heterocycles. The predicted molar refractivity (Wildman–Crippen MR) is 108 cm³/mol. The molecule has 3 heterocycles. The summed E-state index contributed by atoms with van der Waals surface area (Å²) in [5.41, 5.74) is 11.0. The van der Waals surface area contributed by atoms with Gasteiger partial charge in [0.15, 0.2) is 0 Å². The highest BCUT2D eigenvalue weighted by Crippen LogP contribution is 2.35. The number of aromatic nitrogens is 1. The molecule has 0 bridgehead atoms. The molecule has 0 atom stereocenters. The summed E-state index contributed by atoms with van der Waals surface area (Å²) in [6, 6.07) is 9.85. The van der Waals surface area contributed by atoms with Crippen molar-refractivity contribution in [1.82, 2.24) is 9.88 Å². The molecule has 2 aromatic heterocycles. The minimum atomic E-state index is -0.173. The van der Waals surface area contributed by atoms with Crippen molar-refractivity contribution in [3.63, 3.8) is 0 Å². The number of rotatable bonds is 3. The first-order valence-electron chi connectivity index (χ1n) is 8.87. The Morgan fingerprint density at radius 3 is 2.96 bits per heavy atom. The van der Waals surface area contributed by atoms with Crippen molar-refractivity contribution in [2.75, 3.05) is 24.1 Å². The molecule has 3 aromatic rings. The van der Waals surface area contributed by atoms with E-state index in [0.29, 0.717) is 10.6 Å². The number of nitrogen functional groups attached to an aromatic ring is 1. The molecular weight excluding hydrogens is 344 g/mol. The molecule has 1 aromatic carbocycles. The number of carbonyl (C=O) groups excluding carboxylic acids is 1. The van der Waals surface area contributed by atoms with Crippen LogP contribution in [0, 0.1) is 6.92 Å². The third kappa shape index (κ3) is 2.95. The van der Waals surface area contributed by atoms with Gasteiger partial charge in [-0.3, -0.25) is 9.69 Å². The minimum absolute atomic E-state index is 0.173. The predicted octanol–water partition coefficient (Wildman–Crippen LogP) is 3.82. The molecule has 26 heavy (non-hydrogen) atoms. The van der Waals surface area contributed by atoms with Crippen molar-refractivity contribution in [2.45, 2.75) is 26.8 Å². The number of thiophene rings is 1. The first-order valence-corrected chi connectivity index (χ1v) is 9.68. The molecule has 134 valence electrons. The maximum Gasteiger partial charge on any atom is 0.267 e. The van der Waals surface area contributed by atoms with Gasteiger partial charge in [-0.05, 0) is 36.7 Å². The summed E-state index contributed by atoms with van der Waals surface area (Å²) in [7, 11) is 0. The van der Waals surface area contributed by atoms with E-state index >= 15 is 0 Å². The second kappa shape index (κ2) is 6.70. The molecule has 0 spiro atoms. The van der Waals surface area contributed by atoms with E-state index in [-0.39, 0.29) is 5.91 Å². The second-order valence-electron chi connectivity index (χ2n) is 6.68. The maximum absolute atomic E-state index is 12.8. The molecule has 1 aliphatic heterocycles. The molecule has 1 aliphatic rings. The summed E-state index contributed by atoms with van der Waals surface area (Å²) in [6.45, 7) is 7.10. The zero-order valence-corrected chi connectivity index (χ0v) is 15.8. The number of pyridine rings is 1. The van der Waals surface area contributed by atoms with Gasteiger partial charge in [0.25, 0.3) is 5.91 Å². The number of nitrogens with two attached hydrogens (primary N) is 1. The number of hydrogen-bond donors (Lipinski definition) is 2. The quantitative estimate of drug-likeness (QED) is 0.739. The highest BCUT2D eigenvalue weighted by molar-refractivity contribution is 7.21. The van der Waals surface area contributed by atoms with Crippen molar-refractivity contribution in [1.29, 1.82) is 0 Å². The van der Waals surface area contributed by atoms with Crippen LogP contribution in [0.4, 0.5) is 11.4 Å². The standard InChI is InChI=1S/C20H22N4OS/c1-3-24-9-8-16-13(11-24)10-14-17(21)18(26-20(14)23-16)19(25)22-15-7-5-4-6-12(15)2/h4-7,10H,3,8-9,11,21H2,1-2H3,(H,22,25). The number of anilines is 2. The van der Waals surface area contributed by atoms with E-state index in [4.69, 9.17) is 10.7 Å². The van der Waals surface area contributed by atoms with Gasteiger partial charge in [-0.25, -0.2) is 4.98 Å². The summed E-state index contributed by atoms with van der Waals surface area (Å²) in [5.74, 6) is -0.173. The van der Waals surface area contributed by atoms with Gasteiger partial charge < -0.3 is 11.1 Å². The van der Waals surface area contributed by atoms with E-state index in [0.717, 1.165) is 53.2 Å². The highest BCUT2D eigenvalue weighted by atomic mass is 32.1. The summed E-state index contributed by atoms with van der Waals surface area (Å²) >= 11 is 1.37. The first-order chi connectivity index (χ1) is 12.6. The Morgan fingerprint density at radius 2 is 2.19 bits per heavy atom. The lowest BCUT2D eigenvalue weighted by Gasteiger charge is -2.26. The van der Waals surface area contributed by atoms with Crippen LogP contribution in [0.15, 0.2) is 30.3 Å². The van der Waals surface area contributed by atoms with Crippen molar-refractivity contribution in [3.8, 4) is 0 Å². The molecule has 0 aliphatic carbocycles. The summed E-state index contributed by atoms with van der Waals surface area (Å²) in [6.07, 6.45) is 0.946. The number of fused-ring (bicyclic) bond motifs is 2. The number of hydrogen-bond acceptors (Lipinski definition) is 5. The van der Waals surface area contributed by atoms with Gasteiger partial charge in [-0.2, -0.15) is 0 Å². The second-order valence-corrected chi connectivity index (χ2v) is 7.68. The van der Waals surface area contributed by atoms with Gasteiger partial charge in [0.1, 0.15) is 9.71 Å². The average Bonchev–Trinajstić information content (AvgIpc) is 2.97.